The third-order valence-electron chi connectivity index (χ3n) is 3.45. The number of nitrogens with one attached hydrogen (secondary N) is 1. The lowest BCUT2D eigenvalue weighted by atomic mass is 10.3. The predicted octanol–water partition coefficient (Wildman–Crippen LogP) is 2.17. The molecule has 0 atom stereocenters. The molecule has 5 nitrogen and oxygen atoms in total. The summed E-state index contributed by atoms with van der Waals surface area (Å²) < 4.78 is 1.95. The molecule has 2 heterocycles. The van der Waals surface area contributed by atoms with Crippen molar-refractivity contribution >= 4 is 22.2 Å². The molecule has 110 valence electrons. The number of hydrogen-bond acceptors (Lipinski definition) is 4. The Hall–Kier alpha value is -1.40. The fraction of sp³-hybridized carbons (Fsp3) is 0.571. The van der Waals surface area contributed by atoms with Crippen LogP contribution in [0.1, 0.15) is 36.5 Å². The first-order chi connectivity index (χ1) is 9.65. The molecule has 0 fully saturated rings. The lowest BCUT2D eigenvalue weighted by molar-refractivity contribution is 0.0947. The molecular formula is C14H22N4OS. The minimum atomic E-state index is -0.0835. The summed E-state index contributed by atoms with van der Waals surface area (Å²) in [5.41, 5.74) is 1.61. The average Bonchev–Trinajstić information content (AvgIpc) is 3.01. The SMILES string of the molecule is CCN(CC)CCCNC(=O)c1cn2c(C)csc2n1. The summed E-state index contributed by atoms with van der Waals surface area (Å²) in [5, 5.41) is 4.97. The third kappa shape index (κ3) is 3.37. The number of fused-ring (bicyclic) bond motifs is 1. The number of carbonyl (C=O) groups is 1. The van der Waals surface area contributed by atoms with Crippen LogP contribution in [0.4, 0.5) is 0 Å². The normalized spacial score (nSPS) is 11.4. The van der Waals surface area contributed by atoms with Gasteiger partial charge in [-0.15, -0.1) is 11.3 Å². The summed E-state index contributed by atoms with van der Waals surface area (Å²) in [6.45, 7) is 10.1. The van der Waals surface area contributed by atoms with E-state index in [4.69, 9.17) is 0 Å². The maximum Gasteiger partial charge on any atom is 0.271 e. The summed E-state index contributed by atoms with van der Waals surface area (Å²) >= 11 is 1.56. The van der Waals surface area contributed by atoms with Gasteiger partial charge in [0.05, 0.1) is 0 Å². The van der Waals surface area contributed by atoms with Crippen LogP contribution < -0.4 is 5.32 Å². The van der Waals surface area contributed by atoms with Crippen molar-refractivity contribution in [3.63, 3.8) is 0 Å². The summed E-state index contributed by atoms with van der Waals surface area (Å²) in [5.74, 6) is -0.0835. The maximum atomic E-state index is 12.0. The van der Waals surface area contributed by atoms with Crippen molar-refractivity contribution in [2.24, 2.45) is 0 Å². The summed E-state index contributed by atoms with van der Waals surface area (Å²) in [6.07, 6.45) is 2.77. The van der Waals surface area contributed by atoms with Crippen LogP contribution >= 0.6 is 11.3 Å². The highest BCUT2D eigenvalue weighted by Crippen LogP contribution is 2.15. The van der Waals surface area contributed by atoms with Crippen molar-refractivity contribution in [1.29, 1.82) is 0 Å². The molecule has 1 N–H and O–H groups in total. The number of rotatable bonds is 7. The van der Waals surface area contributed by atoms with Crippen molar-refractivity contribution in [2.45, 2.75) is 27.2 Å². The van der Waals surface area contributed by atoms with E-state index in [1.807, 2.05) is 16.7 Å². The zero-order valence-corrected chi connectivity index (χ0v) is 13.2. The monoisotopic (exact) mass is 294 g/mol. The van der Waals surface area contributed by atoms with E-state index < -0.39 is 0 Å². The Morgan fingerprint density at radius 1 is 1.45 bits per heavy atom. The first-order valence-corrected chi connectivity index (χ1v) is 7.97. The molecule has 0 aliphatic rings. The highest BCUT2D eigenvalue weighted by Gasteiger charge is 2.12. The zero-order valence-electron chi connectivity index (χ0n) is 12.3. The molecule has 1 amide bonds. The van der Waals surface area contributed by atoms with Gasteiger partial charge in [-0.1, -0.05) is 13.8 Å². The fourth-order valence-corrected chi connectivity index (χ4v) is 2.99. The first-order valence-electron chi connectivity index (χ1n) is 7.09. The number of aromatic nitrogens is 2. The molecule has 2 rings (SSSR count). The predicted molar refractivity (Wildman–Crippen MR) is 82.5 cm³/mol. The van der Waals surface area contributed by atoms with E-state index in [-0.39, 0.29) is 5.91 Å². The zero-order chi connectivity index (χ0) is 14.5. The van der Waals surface area contributed by atoms with Gasteiger partial charge in [0, 0.05) is 23.8 Å². The van der Waals surface area contributed by atoms with Gasteiger partial charge in [0.25, 0.3) is 5.91 Å². The van der Waals surface area contributed by atoms with Crippen LogP contribution in [0.15, 0.2) is 11.6 Å². The van der Waals surface area contributed by atoms with Gasteiger partial charge >= 0.3 is 0 Å². The van der Waals surface area contributed by atoms with Gasteiger partial charge in [0.1, 0.15) is 5.69 Å². The van der Waals surface area contributed by atoms with Crippen molar-refractivity contribution in [3.05, 3.63) is 23.0 Å². The van der Waals surface area contributed by atoms with E-state index in [2.05, 4.69) is 29.0 Å². The second-order valence-corrected chi connectivity index (χ2v) is 5.63. The quantitative estimate of drug-likeness (QED) is 0.796. The van der Waals surface area contributed by atoms with Gasteiger partial charge < -0.3 is 10.2 Å². The van der Waals surface area contributed by atoms with Gasteiger partial charge in [-0.2, -0.15) is 0 Å². The number of imidazole rings is 1. The Balaban J connectivity index is 1.82. The molecule has 0 radical (unpaired) electrons. The van der Waals surface area contributed by atoms with Crippen molar-refractivity contribution in [3.8, 4) is 0 Å². The minimum Gasteiger partial charge on any atom is -0.351 e. The molecule has 6 heteroatoms. The fourth-order valence-electron chi connectivity index (χ4n) is 2.14. The maximum absolute atomic E-state index is 12.0. The third-order valence-corrected chi connectivity index (χ3v) is 4.41. The Morgan fingerprint density at radius 2 is 2.20 bits per heavy atom. The topological polar surface area (TPSA) is 49.6 Å². The molecule has 0 aliphatic carbocycles. The van der Waals surface area contributed by atoms with Crippen LogP contribution in [0.2, 0.25) is 0 Å². The Labute approximate surface area is 123 Å². The van der Waals surface area contributed by atoms with Crippen LogP contribution in [0, 0.1) is 6.92 Å². The van der Waals surface area contributed by atoms with Crippen LogP contribution in [-0.4, -0.2) is 46.4 Å². The number of aryl methyl sites for hydroxylation is 1. The van der Waals surface area contributed by atoms with Crippen LogP contribution in [-0.2, 0) is 0 Å². The summed E-state index contributed by atoms with van der Waals surface area (Å²) in [4.78, 5) is 19.6. The number of thiazole rings is 1. The molecule has 0 aromatic carbocycles. The van der Waals surface area contributed by atoms with Crippen molar-refractivity contribution in [2.75, 3.05) is 26.2 Å². The van der Waals surface area contributed by atoms with E-state index in [1.54, 1.807) is 17.5 Å². The Bertz CT molecular complexity index is 571. The number of carbonyl (C=O) groups excluding carboxylic acids is 1. The highest BCUT2D eigenvalue weighted by atomic mass is 32.1. The molecule has 0 spiro atoms. The molecule has 2 aromatic heterocycles. The number of hydrogen-bond donors (Lipinski definition) is 1. The van der Waals surface area contributed by atoms with Crippen molar-refractivity contribution < 1.29 is 4.79 Å². The molecule has 0 bridgehead atoms. The van der Waals surface area contributed by atoms with E-state index in [9.17, 15) is 4.79 Å². The van der Waals surface area contributed by atoms with Gasteiger partial charge in [-0.25, -0.2) is 4.98 Å². The van der Waals surface area contributed by atoms with Gasteiger partial charge in [0.2, 0.25) is 0 Å². The second kappa shape index (κ2) is 6.85. The molecule has 2 aromatic rings. The molecule has 0 saturated heterocycles. The van der Waals surface area contributed by atoms with Gasteiger partial charge in [-0.3, -0.25) is 9.20 Å². The van der Waals surface area contributed by atoms with Crippen LogP contribution in [0.25, 0.3) is 4.96 Å². The Kier molecular flexibility index (Phi) is 5.14. The molecule has 0 unspecified atom stereocenters. The summed E-state index contributed by atoms with van der Waals surface area (Å²) in [6, 6.07) is 0. The first kappa shape index (κ1) is 15.0. The minimum absolute atomic E-state index is 0.0835. The van der Waals surface area contributed by atoms with E-state index in [0.717, 1.165) is 36.7 Å². The molecule has 0 aliphatic heterocycles. The van der Waals surface area contributed by atoms with E-state index in [0.29, 0.717) is 12.2 Å². The average molecular weight is 294 g/mol. The smallest absolute Gasteiger partial charge is 0.271 e. The summed E-state index contributed by atoms with van der Waals surface area (Å²) in [7, 11) is 0. The Morgan fingerprint density at radius 3 is 2.85 bits per heavy atom. The van der Waals surface area contributed by atoms with E-state index >= 15 is 0 Å². The van der Waals surface area contributed by atoms with E-state index in [1.165, 1.54) is 0 Å². The van der Waals surface area contributed by atoms with Crippen molar-refractivity contribution in [1.82, 2.24) is 19.6 Å². The highest BCUT2D eigenvalue weighted by molar-refractivity contribution is 7.15. The molecular weight excluding hydrogens is 272 g/mol. The van der Waals surface area contributed by atoms with Gasteiger partial charge in [0.15, 0.2) is 4.96 Å². The van der Waals surface area contributed by atoms with Crippen LogP contribution in [0.5, 0.6) is 0 Å². The molecule has 0 saturated carbocycles. The lowest BCUT2D eigenvalue weighted by Gasteiger charge is -2.17. The van der Waals surface area contributed by atoms with Gasteiger partial charge in [-0.05, 0) is 33.0 Å². The largest absolute Gasteiger partial charge is 0.351 e. The lowest BCUT2D eigenvalue weighted by Crippen LogP contribution is -2.30. The number of nitrogens with zero attached hydrogens (tertiary/aromatic N) is 3. The standard InChI is InChI=1S/C14H22N4OS/c1-4-17(5-2)8-6-7-15-13(19)12-9-18-11(3)10-20-14(18)16-12/h9-10H,4-8H2,1-3H3,(H,15,19). The van der Waals surface area contributed by atoms with Crippen LogP contribution in [0.3, 0.4) is 0 Å². The second-order valence-electron chi connectivity index (χ2n) is 4.79. The molecule has 20 heavy (non-hydrogen) atoms. The number of amides is 1.